The number of amides is 2. The molecule has 0 fully saturated rings. The number of hydrogen-bond donors (Lipinski definition) is 1. The van der Waals surface area contributed by atoms with Crippen LogP contribution < -0.4 is 10.1 Å². The molecule has 0 aliphatic rings. The van der Waals surface area contributed by atoms with Crippen molar-refractivity contribution >= 4 is 23.4 Å². The SMILES string of the molecule is CC[C@@H](C)NC(=O)[C@H](C)N(Cc1ccc(Cl)cc1)C(=O)COc1ccc(F)cc1. The Kier molecular flexibility index (Phi) is 8.46. The van der Waals surface area contributed by atoms with Crippen LogP contribution in [0.4, 0.5) is 4.39 Å². The fourth-order valence-corrected chi connectivity index (χ4v) is 2.72. The van der Waals surface area contributed by atoms with Crippen molar-refractivity contribution in [3.8, 4) is 5.75 Å². The molecule has 0 aromatic heterocycles. The van der Waals surface area contributed by atoms with Crippen molar-refractivity contribution in [2.75, 3.05) is 6.61 Å². The van der Waals surface area contributed by atoms with Crippen LogP contribution in [0.2, 0.25) is 5.02 Å². The first-order chi connectivity index (χ1) is 13.8. The van der Waals surface area contributed by atoms with E-state index >= 15 is 0 Å². The van der Waals surface area contributed by atoms with Gasteiger partial charge in [0.2, 0.25) is 5.91 Å². The van der Waals surface area contributed by atoms with Crippen LogP contribution in [-0.4, -0.2) is 35.4 Å². The largest absolute Gasteiger partial charge is 0.484 e. The van der Waals surface area contributed by atoms with Crippen molar-refractivity contribution in [3.05, 3.63) is 64.9 Å². The molecule has 2 amide bonds. The molecule has 156 valence electrons. The fraction of sp³-hybridized carbons (Fsp3) is 0.364. The lowest BCUT2D eigenvalue weighted by Gasteiger charge is -2.29. The Morgan fingerprint density at radius 1 is 1.10 bits per heavy atom. The molecule has 2 aromatic carbocycles. The molecule has 0 aliphatic heterocycles. The number of nitrogens with one attached hydrogen (secondary N) is 1. The second-order valence-corrected chi connectivity index (χ2v) is 7.32. The number of hydrogen-bond acceptors (Lipinski definition) is 3. The molecule has 0 heterocycles. The second kappa shape index (κ2) is 10.8. The van der Waals surface area contributed by atoms with Crippen LogP contribution in [0.1, 0.15) is 32.8 Å². The van der Waals surface area contributed by atoms with Crippen molar-refractivity contribution in [2.24, 2.45) is 0 Å². The van der Waals surface area contributed by atoms with E-state index in [4.69, 9.17) is 16.3 Å². The number of ether oxygens (including phenoxy) is 1. The van der Waals surface area contributed by atoms with E-state index in [1.165, 1.54) is 29.2 Å². The Hall–Kier alpha value is -2.60. The molecule has 0 spiro atoms. The van der Waals surface area contributed by atoms with E-state index in [-0.39, 0.29) is 36.8 Å². The maximum atomic E-state index is 13.0. The average Bonchev–Trinajstić information content (AvgIpc) is 2.72. The smallest absolute Gasteiger partial charge is 0.261 e. The number of carbonyl (C=O) groups is 2. The number of carbonyl (C=O) groups excluding carboxylic acids is 2. The van der Waals surface area contributed by atoms with E-state index < -0.39 is 6.04 Å². The van der Waals surface area contributed by atoms with E-state index in [0.29, 0.717) is 10.8 Å². The number of halogens is 2. The molecule has 1 N–H and O–H groups in total. The predicted molar refractivity (Wildman–Crippen MR) is 111 cm³/mol. The molecular weight excluding hydrogens is 395 g/mol. The molecule has 2 aromatic rings. The van der Waals surface area contributed by atoms with Crippen LogP contribution in [0, 0.1) is 5.82 Å². The van der Waals surface area contributed by atoms with Crippen LogP contribution in [0.25, 0.3) is 0 Å². The number of rotatable bonds is 9. The van der Waals surface area contributed by atoms with Crippen LogP contribution in [0.15, 0.2) is 48.5 Å². The van der Waals surface area contributed by atoms with Gasteiger partial charge in [0.05, 0.1) is 0 Å². The fourth-order valence-electron chi connectivity index (χ4n) is 2.59. The molecule has 29 heavy (non-hydrogen) atoms. The summed E-state index contributed by atoms with van der Waals surface area (Å²) in [5, 5.41) is 3.49. The molecule has 2 rings (SSSR count). The molecule has 0 unspecified atom stereocenters. The molecule has 2 atom stereocenters. The van der Waals surface area contributed by atoms with Gasteiger partial charge in [-0.15, -0.1) is 0 Å². The maximum Gasteiger partial charge on any atom is 0.261 e. The van der Waals surface area contributed by atoms with Crippen LogP contribution >= 0.6 is 11.6 Å². The van der Waals surface area contributed by atoms with E-state index in [2.05, 4.69) is 5.32 Å². The summed E-state index contributed by atoms with van der Waals surface area (Å²) in [6.45, 7) is 5.54. The van der Waals surface area contributed by atoms with Crippen LogP contribution in [0.3, 0.4) is 0 Å². The number of nitrogens with zero attached hydrogens (tertiary/aromatic N) is 1. The Morgan fingerprint density at radius 3 is 2.31 bits per heavy atom. The lowest BCUT2D eigenvalue weighted by atomic mass is 10.1. The first-order valence-corrected chi connectivity index (χ1v) is 9.90. The lowest BCUT2D eigenvalue weighted by molar-refractivity contribution is -0.142. The lowest BCUT2D eigenvalue weighted by Crippen LogP contribution is -2.50. The van der Waals surface area contributed by atoms with Gasteiger partial charge in [-0.1, -0.05) is 30.7 Å². The number of benzene rings is 2. The van der Waals surface area contributed by atoms with Gasteiger partial charge in [-0.2, -0.15) is 0 Å². The van der Waals surface area contributed by atoms with Gasteiger partial charge in [0.25, 0.3) is 5.91 Å². The standard InChI is InChI=1S/C22H26ClFN2O3/c1-4-15(2)25-22(28)16(3)26(13-17-5-7-18(23)8-6-17)21(27)14-29-20-11-9-19(24)10-12-20/h5-12,15-16H,4,13-14H2,1-3H3,(H,25,28)/t15-,16+/m1/s1. The van der Waals surface area contributed by atoms with Crippen LogP contribution in [0.5, 0.6) is 5.75 Å². The maximum absolute atomic E-state index is 13.0. The highest BCUT2D eigenvalue weighted by Gasteiger charge is 2.27. The van der Waals surface area contributed by atoms with E-state index in [1.807, 2.05) is 26.0 Å². The normalized spacial score (nSPS) is 12.7. The quantitative estimate of drug-likeness (QED) is 0.661. The van der Waals surface area contributed by atoms with Gasteiger partial charge in [-0.3, -0.25) is 9.59 Å². The molecule has 7 heteroatoms. The summed E-state index contributed by atoms with van der Waals surface area (Å²) in [5.74, 6) is -0.592. The monoisotopic (exact) mass is 420 g/mol. The molecular formula is C22H26ClFN2O3. The summed E-state index contributed by atoms with van der Waals surface area (Å²) in [7, 11) is 0. The van der Waals surface area contributed by atoms with E-state index in [9.17, 15) is 14.0 Å². The van der Waals surface area contributed by atoms with Gasteiger partial charge in [0, 0.05) is 17.6 Å². The van der Waals surface area contributed by atoms with Crippen molar-refractivity contribution in [1.82, 2.24) is 10.2 Å². The summed E-state index contributed by atoms with van der Waals surface area (Å²) >= 11 is 5.93. The summed E-state index contributed by atoms with van der Waals surface area (Å²) in [4.78, 5) is 26.9. The first kappa shape index (κ1) is 22.7. The zero-order chi connectivity index (χ0) is 21.4. The summed E-state index contributed by atoms with van der Waals surface area (Å²) in [5.41, 5.74) is 0.840. The molecule has 0 saturated carbocycles. The van der Waals surface area contributed by atoms with Crippen molar-refractivity contribution in [2.45, 2.75) is 45.8 Å². The molecule has 5 nitrogen and oxygen atoms in total. The highest BCUT2D eigenvalue weighted by molar-refractivity contribution is 6.30. The highest BCUT2D eigenvalue weighted by Crippen LogP contribution is 2.15. The molecule has 0 bridgehead atoms. The van der Waals surface area contributed by atoms with Gasteiger partial charge in [-0.05, 0) is 62.2 Å². The zero-order valence-corrected chi connectivity index (χ0v) is 17.6. The Morgan fingerprint density at radius 2 is 1.72 bits per heavy atom. The molecule has 0 aliphatic carbocycles. The Bertz CT molecular complexity index is 812. The van der Waals surface area contributed by atoms with Crippen molar-refractivity contribution in [1.29, 1.82) is 0 Å². The van der Waals surface area contributed by atoms with Gasteiger partial charge < -0.3 is 15.0 Å². The Balaban J connectivity index is 2.13. The average molecular weight is 421 g/mol. The second-order valence-electron chi connectivity index (χ2n) is 6.88. The van der Waals surface area contributed by atoms with Gasteiger partial charge in [-0.25, -0.2) is 4.39 Å². The van der Waals surface area contributed by atoms with E-state index in [1.54, 1.807) is 19.1 Å². The molecule has 0 saturated heterocycles. The Labute approximate surface area is 175 Å². The van der Waals surface area contributed by atoms with Gasteiger partial charge >= 0.3 is 0 Å². The van der Waals surface area contributed by atoms with Gasteiger partial charge in [0.15, 0.2) is 6.61 Å². The van der Waals surface area contributed by atoms with E-state index in [0.717, 1.165) is 12.0 Å². The molecule has 0 radical (unpaired) electrons. The summed E-state index contributed by atoms with van der Waals surface area (Å²) in [6, 6.07) is 11.8. The first-order valence-electron chi connectivity index (χ1n) is 9.52. The minimum Gasteiger partial charge on any atom is -0.484 e. The predicted octanol–water partition coefficient (Wildman–Crippen LogP) is 4.19. The third-order valence-corrected chi connectivity index (χ3v) is 4.86. The summed E-state index contributed by atoms with van der Waals surface area (Å²) in [6.07, 6.45) is 0.789. The third kappa shape index (κ3) is 7.06. The zero-order valence-electron chi connectivity index (χ0n) is 16.8. The highest BCUT2D eigenvalue weighted by atomic mass is 35.5. The third-order valence-electron chi connectivity index (χ3n) is 4.61. The minimum absolute atomic E-state index is 0.00731. The van der Waals surface area contributed by atoms with Crippen molar-refractivity contribution in [3.63, 3.8) is 0 Å². The van der Waals surface area contributed by atoms with Gasteiger partial charge in [0.1, 0.15) is 17.6 Å². The minimum atomic E-state index is -0.691. The topological polar surface area (TPSA) is 58.6 Å². The van der Waals surface area contributed by atoms with Crippen LogP contribution in [-0.2, 0) is 16.1 Å². The van der Waals surface area contributed by atoms with Crippen molar-refractivity contribution < 1.29 is 18.7 Å². The summed E-state index contributed by atoms with van der Waals surface area (Å²) < 4.78 is 18.5.